The summed E-state index contributed by atoms with van der Waals surface area (Å²) >= 11 is 0. The van der Waals surface area contributed by atoms with Gasteiger partial charge in [-0.3, -0.25) is 0 Å². The van der Waals surface area contributed by atoms with E-state index >= 15 is 0 Å². The average Bonchev–Trinajstić information content (AvgIpc) is 2.85. The molecule has 0 saturated heterocycles. The highest BCUT2D eigenvalue weighted by molar-refractivity contribution is 5.47. The quantitative estimate of drug-likeness (QED) is 0.319. The molecular formula is C30H33F3O. The van der Waals surface area contributed by atoms with Gasteiger partial charge in [0.15, 0.2) is 11.6 Å². The summed E-state index contributed by atoms with van der Waals surface area (Å²) in [6.07, 6.45) is 14.3. The Morgan fingerprint density at radius 2 is 1.65 bits per heavy atom. The second kappa shape index (κ2) is 11.2. The van der Waals surface area contributed by atoms with Crippen LogP contribution in [0.3, 0.4) is 0 Å². The van der Waals surface area contributed by atoms with Crippen LogP contribution in [0.1, 0.15) is 80.9 Å². The van der Waals surface area contributed by atoms with Crippen molar-refractivity contribution in [1.29, 1.82) is 0 Å². The smallest absolute Gasteiger partial charge is 0.201 e. The molecule has 0 aliphatic heterocycles. The summed E-state index contributed by atoms with van der Waals surface area (Å²) in [7, 11) is 1.27. The Bertz CT molecular complexity index is 1090. The predicted molar refractivity (Wildman–Crippen MR) is 130 cm³/mol. The molecule has 4 atom stereocenters. The summed E-state index contributed by atoms with van der Waals surface area (Å²) in [5.41, 5.74) is 1.09. The van der Waals surface area contributed by atoms with Crippen molar-refractivity contribution in [2.24, 2.45) is 17.8 Å². The molecule has 2 aromatic rings. The molecule has 4 unspecified atom stereocenters. The lowest BCUT2D eigenvalue weighted by Gasteiger charge is -2.42. The summed E-state index contributed by atoms with van der Waals surface area (Å²) in [5, 5.41) is 0. The zero-order valence-electron chi connectivity index (χ0n) is 20.0. The van der Waals surface area contributed by atoms with E-state index in [1.807, 2.05) is 6.07 Å². The van der Waals surface area contributed by atoms with Crippen molar-refractivity contribution in [3.05, 3.63) is 76.6 Å². The van der Waals surface area contributed by atoms with Crippen molar-refractivity contribution in [2.45, 2.75) is 64.2 Å². The van der Waals surface area contributed by atoms with E-state index in [4.69, 9.17) is 4.74 Å². The van der Waals surface area contributed by atoms with Gasteiger partial charge in [-0.1, -0.05) is 36.5 Å². The van der Waals surface area contributed by atoms with Gasteiger partial charge in [-0.15, -0.1) is 0 Å². The molecule has 4 rings (SSSR count). The number of allylic oxidation sites excluding steroid dienone is 2. The molecule has 34 heavy (non-hydrogen) atoms. The van der Waals surface area contributed by atoms with Crippen LogP contribution in [0.2, 0.25) is 0 Å². The van der Waals surface area contributed by atoms with Crippen molar-refractivity contribution in [1.82, 2.24) is 0 Å². The Kier molecular flexibility index (Phi) is 8.03. The van der Waals surface area contributed by atoms with Gasteiger partial charge in [-0.2, -0.15) is 4.39 Å². The van der Waals surface area contributed by atoms with Crippen LogP contribution in [0, 0.1) is 47.0 Å². The third-order valence-corrected chi connectivity index (χ3v) is 7.76. The third-order valence-electron chi connectivity index (χ3n) is 7.76. The fraction of sp³-hybridized carbons (Fsp3) is 0.467. The van der Waals surface area contributed by atoms with E-state index < -0.39 is 17.5 Å². The summed E-state index contributed by atoms with van der Waals surface area (Å²) in [6.45, 7) is 2.09. The lowest BCUT2D eigenvalue weighted by molar-refractivity contribution is 0.115. The number of hydrogen-bond donors (Lipinski definition) is 0. The average molecular weight is 467 g/mol. The maximum atomic E-state index is 14.8. The van der Waals surface area contributed by atoms with Gasteiger partial charge in [0.1, 0.15) is 5.82 Å². The van der Waals surface area contributed by atoms with Gasteiger partial charge < -0.3 is 4.74 Å². The number of hydrogen-bond acceptors (Lipinski definition) is 1. The van der Waals surface area contributed by atoms with Gasteiger partial charge in [-0.25, -0.2) is 8.78 Å². The van der Waals surface area contributed by atoms with E-state index in [0.717, 1.165) is 36.2 Å². The molecule has 2 aliphatic rings. The molecule has 2 aliphatic carbocycles. The molecular weight excluding hydrogens is 433 g/mol. The molecule has 0 heterocycles. The summed E-state index contributed by atoms with van der Waals surface area (Å²) in [5.74, 6) is 5.24. The van der Waals surface area contributed by atoms with Crippen molar-refractivity contribution in [2.75, 3.05) is 7.11 Å². The first-order chi connectivity index (χ1) is 16.5. The van der Waals surface area contributed by atoms with Crippen molar-refractivity contribution >= 4 is 0 Å². The van der Waals surface area contributed by atoms with Crippen LogP contribution in [0.25, 0.3) is 0 Å². The van der Waals surface area contributed by atoms with Crippen LogP contribution >= 0.6 is 0 Å². The van der Waals surface area contributed by atoms with Crippen LogP contribution in [-0.2, 0) is 0 Å². The minimum atomic E-state index is -1.09. The Labute approximate surface area is 201 Å². The van der Waals surface area contributed by atoms with E-state index in [0.29, 0.717) is 5.92 Å². The van der Waals surface area contributed by atoms with Gasteiger partial charge in [0.2, 0.25) is 5.82 Å². The number of benzene rings is 2. The minimum absolute atomic E-state index is 0.124. The highest BCUT2D eigenvalue weighted by Crippen LogP contribution is 2.48. The Hall–Kier alpha value is -2.67. The zero-order chi connectivity index (χ0) is 24.1. The topological polar surface area (TPSA) is 9.23 Å². The lowest BCUT2D eigenvalue weighted by Crippen LogP contribution is -2.30. The first kappa shape index (κ1) is 24.5. The highest BCUT2D eigenvalue weighted by atomic mass is 19.2. The van der Waals surface area contributed by atoms with Crippen molar-refractivity contribution in [3.63, 3.8) is 0 Å². The van der Waals surface area contributed by atoms with E-state index in [2.05, 4.69) is 30.9 Å². The number of ether oxygens (including phenoxy) is 1. The van der Waals surface area contributed by atoms with E-state index in [1.165, 1.54) is 57.8 Å². The maximum absolute atomic E-state index is 14.8. The molecule has 4 heteroatoms. The van der Waals surface area contributed by atoms with E-state index in [-0.39, 0.29) is 16.9 Å². The fourth-order valence-electron chi connectivity index (χ4n) is 5.86. The SMILES string of the molecule is C/C=C/CCC1CCC2CC(c3ccc(C#Cc4ccc(OC)c(F)c4F)c(F)c3)CCC2C1. The molecule has 0 N–H and O–H groups in total. The number of rotatable bonds is 5. The summed E-state index contributed by atoms with van der Waals surface area (Å²) in [6, 6.07) is 7.85. The molecule has 0 bridgehead atoms. The molecule has 0 spiro atoms. The fourth-order valence-corrected chi connectivity index (χ4v) is 5.86. The van der Waals surface area contributed by atoms with Crippen LogP contribution in [0.4, 0.5) is 13.2 Å². The number of methoxy groups -OCH3 is 1. The Morgan fingerprint density at radius 3 is 2.41 bits per heavy atom. The van der Waals surface area contributed by atoms with E-state index in [1.54, 1.807) is 12.1 Å². The lowest BCUT2D eigenvalue weighted by atomic mass is 9.63. The van der Waals surface area contributed by atoms with Gasteiger partial charge in [-0.05, 0) is 105 Å². The second-order valence-corrected chi connectivity index (χ2v) is 9.79. The molecule has 0 amide bonds. The molecule has 180 valence electrons. The van der Waals surface area contributed by atoms with Gasteiger partial charge in [0.05, 0.1) is 18.2 Å². The third kappa shape index (κ3) is 5.52. The standard InChI is InChI=1S/C30H33F3O/c1-3-4-5-6-20-7-8-24-18-25(14-13-23(24)17-20)26-12-10-21(27(31)19-26)9-11-22-15-16-28(34-2)30(33)29(22)32/h3-4,10,12,15-16,19-20,23-25H,5-8,13-14,17-18H2,1-2H3/b4-3+. The first-order valence-electron chi connectivity index (χ1n) is 12.4. The van der Waals surface area contributed by atoms with Crippen LogP contribution in [0.15, 0.2) is 42.5 Å². The number of halogens is 3. The molecule has 1 nitrogen and oxygen atoms in total. The van der Waals surface area contributed by atoms with Gasteiger partial charge >= 0.3 is 0 Å². The molecule has 2 aromatic carbocycles. The van der Waals surface area contributed by atoms with E-state index in [9.17, 15) is 13.2 Å². The molecule has 2 saturated carbocycles. The monoisotopic (exact) mass is 466 g/mol. The minimum Gasteiger partial charge on any atom is -0.494 e. The van der Waals surface area contributed by atoms with Crippen LogP contribution in [0.5, 0.6) is 5.75 Å². The molecule has 0 radical (unpaired) electrons. The normalized spacial score (nSPS) is 24.4. The molecule has 0 aromatic heterocycles. The van der Waals surface area contributed by atoms with Crippen LogP contribution < -0.4 is 4.74 Å². The Balaban J connectivity index is 1.40. The molecule has 2 fully saturated rings. The summed E-state index contributed by atoms with van der Waals surface area (Å²) < 4.78 is 47.6. The maximum Gasteiger partial charge on any atom is 0.201 e. The first-order valence-corrected chi connectivity index (χ1v) is 12.4. The number of fused-ring (bicyclic) bond motifs is 1. The largest absolute Gasteiger partial charge is 0.494 e. The van der Waals surface area contributed by atoms with Crippen LogP contribution in [-0.4, -0.2) is 7.11 Å². The second-order valence-electron chi connectivity index (χ2n) is 9.79. The van der Waals surface area contributed by atoms with Gasteiger partial charge in [0.25, 0.3) is 0 Å². The Morgan fingerprint density at radius 1 is 0.912 bits per heavy atom. The summed E-state index contributed by atoms with van der Waals surface area (Å²) in [4.78, 5) is 0. The van der Waals surface area contributed by atoms with Crippen molar-refractivity contribution in [3.8, 4) is 17.6 Å². The van der Waals surface area contributed by atoms with Gasteiger partial charge in [0, 0.05) is 0 Å². The van der Waals surface area contributed by atoms with Crippen molar-refractivity contribution < 1.29 is 17.9 Å². The zero-order valence-corrected chi connectivity index (χ0v) is 20.0. The highest BCUT2D eigenvalue weighted by Gasteiger charge is 2.35. The predicted octanol–water partition coefficient (Wildman–Crippen LogP) is 8.17.